The predicted molar refractivity (Wildman–Crippen MR) is 74.7 cm³/mol. The molecule has 0 amide bonds. The van der Waals surface area contributed by atoms with Crippen molar-refractivity contribution in [2.75, 3.05) is 7.11 Å². The number of nitrogens with one attached hydrogen (secondary N) is 1. The van der Waals surface area contributed by atoms with Gasteiger partial charge in [0.05, 0.1) is 12.0 Å². The molecule has 0 saturated heterocycles. The Bertz CT molecular complexity index is 534. The van der Waals surface area contributed by atoms with Crippen molar-refractivity contribution in [3.8, 4) is 5.75 Å². The minimum absolute atomic E-state index is 0.0436. The van der Waals surface area contributed by atoms with E-state index >= 15 is 0 Å². The van der Waals surface area contributed by atoms with Crippen LogP contribution in [0.15, 0.2) is 29.2 Å². The highest BCUT2D eigenvalue weighted by Gasteiger charge is 2.33. The molecule has 0 heterocycles. The molecule has 1 saturated carbocycles. The molecule has 1 aromatic rings. The topological polar surface area (TPSA) is 55.4 Å². The van der Waals surface area contributed by atoms with E-state index in [1.54, 1.807) is 31.4 Å². The number of hydrogen-bond donors (Lipinski definition) is 1. The Morgan fingerprint density at radius 1 is 1.26 bits per heavy atom. The lowest BCUT2D eigenvalue weighted by Crippen LogP contribution is -2.33. The number of methoxy groups -OCH3 is 1. The molecule has 0 bridgehead atoms. The van der Waals surface area contributed by atoms with Crippen molar-refractivity contribution in [3.05, 3.63) is 24.3 Å². The third-order valence-electron chi connectivity index (χ3n) is 3.66. The van der Waals surface area contributed by atoms with E-state index in [9.17, 15) is 8.42 Å². The van der Waals surface area contributed by atoms with Crippen LogP contribution in [0.5, 0.6) is 5.75 Å². The van der Waals surface area contributed by atoms with Crippen LogP contribution < -0.4 is 9.46 Å². The fourth-order valence-corrected chi connectivity index (χ4v) is 3.85. The second-order valence-electron chi connectivity index (χ2n) is 5.90. The maximum Gasteiger partial charge on any atom is 0.240 e. The Kier molecular flexibility index (Phi) is 3.87. The zero-order valence-corrected chi connectivity index (χ0v) is 12.5. The van der Waals surface area contributed by atoms with E-state index in [-0.39, 0.29) is 16.4 Å². The van der Waals surface area contributed by atoms with Crippen LogP contribution in [0.3, 0.4) is 0 Å². The van der Waals surface area contributed by atoms with Gasteiger partial charge in [-0.25, -0.2) is 13.1 Å². The minimum atomic E-state index is -3.42. The van der Waals surface area contributed by atoms with Gasteiger partial charge in [-0.2, -0.15) is 0 Å². The molecule has 2 rings (SSSR count). The Morgan fingerprint density at radius 3 is 2.37 bits per heavy atom. The van der Waals surface area contributed by atoms with Gasteiger partial charge in [0.1, 0.15) is 5.75 Å². The van der Waals surface area contributed by atoms with Crippen molar-refractivity contribution < 1.29 is 13.2 Å². The summed E-state index contributed by atoms with van der Waals surface area (Å²) in [6.45, 7) is 4.35. The van der Waals surface area contributed by atoms with Crippen molar-refractivity contribution in [2.24, 2.45) is 5.41 Å². The van der Waals surface area contributed by atoms with Gasteiger partial charge < -0.3 is 4.74 Å². The van der Waals surface area contributed by atoms with Crippen molar-refractivity contribution >= 4 is 10.0 Å². The summed E-state index contributed by atoms with van der Waals surface area (Å²) in [6, 6.07) is 6.50. The van der Waals surface area contributed by atoms with Crippen LogP contribution in [-0.4, -0.2) is 21.6 Å². The fourth-order valence-electron chi connectivity index (χ4n) is 2.58. The van der Waals surface area contributed by atoms with Crippen LogP contribution in [0.2, 0.25) is 0 Å². The normalized spacial score (nSPS) is 22.4. The van der Waals surface area contributed by atoms with Crippen molar-refractivity contribution in [3.63, 3.8) is 0 Å². The van der Waals surface area contributed by atoms with Crippen LogP contribution in [-0.2, 0) is 10.0 Å². The second-order valence-corrected chi connectivity index (χ2v) is 7.61. The molecule has 1 fully saturated rings. The molecule has 4 nitrogen and oxygen atoms in total. The standard InChI is InChI=1S/C14H21NO3S/c1-14(2)9-8-11(10-14)15-19(16,17)13-6-4-12(18-3)5-7-13/h4-7,11,15H,8-10H2,1-3H3. The van der Waals surface area contributed by atoms with Gasteiger partial charge in [-0.1, -0.05) is 13.8 Å². The molecule has 0 spiro atoms. The van der Waals surface area contributed by atoms with Crippen LogP contribution in [0.1, 0.15) is 33.1 Å². The van der Waals surface area contributed by atoms with Crippen molar-refractivity contribution in [1.82, 2.24) is 4.72 Å². The molecule has 106 valence electrons. The Hall–Kier alpha value is -1.07. The fraction of sp³-hybridized carbons (Fsp3) is 0.571. The van der Waals surface area contributed by atoms with E-state index in [2.05, 4.69) is 18.6 Å². The van der Waals surface area contributed by atoms with E-state index in [0.717, 1.165) is 19.3 Å². The first-order valence-corrected chi connectivity index (χ1v) is 7.97. The van der Waals surface area contributed by atoms with E-state index in [0.29, 0.717) is 5.75 Å². The zero-order valence-electron chi connectivity index (χ0n) is 11.6. The number of sulfonamides is 1. The smallest absolute Gasteiger partial charge is 0.240 e. The molecule has 19 heavy (non-hydrogen) atoms. The SMILES string of the molecule is COc1ccc(S(=O)(=O)NC2CCC(C)(C)C2)cc1. The highest BCUT2D eigenvalue weighted by atomic mass is 32.2. The van der Waals surface area contributed by atoms with Gasteiger partial charge in [0, 0.05) is 6.04 Å². The molecule has 0 aromatic heterocycles. The third-order valence-corrected chi connectivity index (χ3v) is 5.20. The van der Waals surface area contributed by atoms with E-state index in [1.165, 1.54) is 0 Å². The Labute approximate surface area is 115 Å². The lowest BCUT2D eigenvalue weighted by Gasteiger charge is -2.18. The van der Waals surface area contributed by atoms with Crippen molar-refractivity contribution in [1.29, 1.82) is 0 Å². The first-order chi connectivity index (χ1) is 8.82. The van der Waals surface area contributed by atoms with Gasteiger partial charge in [0.25, 0.3) is 0 Å². The average molecular weight is 283 g/mol. The molecular formula is C14H21NO3S. The summed E-state index contributed by atoms with van der Waals surface area (Å²) < 4.78 is 32.3. The maximum atomic E-state index is 12.2. The Balaban J connectivity index is 2.10. The molecule has 5 heteroatoms. The van der Waals surface area contributed by atoms with Crippen LogP contribution >= 0.6 is 0 Å². The summed E-state index contributed by atoms with van der Waals surface area (Å²) in [7, 11) is -1.87. The quantitative estimate of drug-likeness (QED) is 0.924. The molecular weight excluding hydrogens is 262 g/mol. The first-order valence-electron chi connectivity index (χ1n) is 6.49. The number of hydrogen-bond acceptors (Lipinski definition) is 3. The largest absolute Gasteiger partial charge is 0.497 e. The Morgan fingerprint density at radius 2 is 1.89 bits per heavy atom. The minimum Gasteiger partial charge on any atom is -0.497 e. The molecule has 1 N–H and O–H groups in total. The lowest BCUT2D eigenvalue weighted by molar-refractivity contribution is 0.372. The summed E-state index contributed by atoms with van der Waals surface area (Å²) in [5.41, 5.74) is 0.229. The van der Waals surface area contributed by atoms with Gasteiger partial charge in [0.2, 0.25) is 10.0 Å². The van der Waals surface area contributed by atoms with Crippen molar-refractivity contribution in [2.45, 2.75) is 44.0 Å². The van der Waals surface area contributed by atoms with Gasteiger partial charge in [0.15, 0.2) is 0 Å². The van der Waals surface area contributed by atoms with Crippen LogP contribution in [0, 0.1) is 5.41 Å². The monoisotopic (exact) mass is 283 g/mol. The molecule has 1 aliphatic carbocycles. The average Bonchev–Trinajstić information content (AvgIpc) is 2.68. The molecule has 1 unspecified atom stereocenters. The summed E-state index contributed by atoms with van der Waals surface area (Å²) >= 11 is 0. The summed E-state index contributed by atoms with van der Waals surface area (Å²) in [5, 5.41) is 0. The van der Waals surface area contributed by atoms with E-state index in [4.69, 9.17) is 4.74 Å². The van der Waals surface area contributed by atoms with E-state index in [1.807, 2.05) is 0 Å². The molecule has 1 aromatic carbocycles. The molecule has 1 aliphatic rings. The number of benzene rings is 1. The molecule has 1 atom stereocenters. The maximum absolute atomic E-state index is 12.2. The van der Waals surface area contributed by atoms with Crippen LogP contribution in [0.4, 0.5) is 0 Å². The summed E-state index contributed by atoms with van der Waals surface area (Å²) in [4.78, 5) is 0.290. The highest BCUT2D eigenvalue weighted by molar-refractivity contribution is 7.89. The highest BCUT2D eigenvalue weighted by Crippen LogP contribution is 2.37. The first kappa shape index (κ1) is 14.3. The summed E-state index contributed by atoms with van der Waals surface area (Å²) in [5.74, 6) is 0.654. The second kappa shape index (κ2) is 5.13. The number of rotatable bonds is 4. The van der Waals surface area contributed by atoms with Crippen LogP contribution in [0.25, 0.3) is 0 Å². The third kappa shape index (κ3) is 3.48. The van der Waals surface area contributed by atoms with Gasteiger partial charge in [-0.15, -0.1) is 0 Å². The van der Waals surface area contributed by atoms with E-state index < -0.39 is 10.0 Å². The predicted octanol–water partition coefficient (Wildman–Crippen LogP) is 2.55. The van der Waals surface area contributed by atoms with Gasteiger partial charge >= 0.3 is 0 Å². The molecule has 0 radical (unpaired) electrons. The zero-order chi connectivity index (χ0) is 14.1. The van der Waals surface area contributed by atoms with Gasteiger partial charge in [-0.05, 0) is 48.9 Å². The lowest BCUT2D eigenvalue weighted by atomic mass is 9.92. The number of ether oxygens (including phenoxy) is 1. The summed E-state index contributed by atoms with van der Waals surface area (Å²) in [6.07, 6.45) is 2.85. The molecule has 0 aliphatic heterocycles. The van der Waals surface area contributed by atoms with Gasteiger partial charge in [-0.3, -0.25) is 0 Å².